The van der Waals surface area contributed by atoms with Crippen LogP contribution in [0.15, 0.2) is 35.9 Å². The predicted octanol–water partition coefficient (Wildman–Crippen LogP) is 3.81. The maximum Gasteiger partial charge on any atom is 0.0976 e. The molecule has 0 aliphatic heterocycles. The molecule has 2 heteroatoms. The molecule has 0 saturated heterocycles. The number of benzene rings is 1. The first-order valence-corrected chi connectivity index (χ1v) is 5.55. The van der Waals surface area contributed by atoms with Gasteiger partial charge in [0.1, 0.15) is 0 Å². The van der Waals surface area contributed by atoms with E-state index in [1.807, 2.05) is 6.07 Å². The van der Waals surface area contributed by atoms with Crippen LogP contribution in [-0.2, 0) is 6.42 Å². The molecule has 0 aliphatic rings. The smallest absolute Gasteiger partial charge is 0.0976 e. The van der Waals surface area contributed by atoms with Crippen LogP contribution in [0.1, 0.15) is 18.9 Å². The number of hydrogen-bond acceptors (Lipinski definition) is 2. The van der Waals surface area contributed by atoms with Crippen molar-refractivity contribution in [1.82, 2.24) is 4.98 Å². The van der Waals surface area contributed by atoms with Crippen LogP contribution in [0.3, 0.4) is 0 Å². The lowest BCUT2D eigenvalue weighted by Gasteiger charge is -1.88. The van der Waals surface area contributed by atoms with Gasteiger partial charge < -0.3 is 0 Å². The molecule has 0 atom stereocenters. The zero-order valence-electron chi connectivity index (χ0n) is 8.45. The zero-order chi connectivity index (χ0) is 9.97. The van der Waals surface area contributed by atoms with Gasteiger partial charge in [0.05, 0.1) is 15.2 Å². The molecule has 0 spiro atoms. The average molecular weight is 203 g/mol. The molecule has 2 aromatic rings. The number of para-hydroxylation sites is 1. The van der Waals surface area contributed by atoms with Gasteiger partial charge in [0.25, 0.3) is 0 Å². The number of aromatic nitrogens is 1. The molecule has 1 nitrogen and oxygen atoms in total. The van der Waals surface area contributed by atoms with Crippen LogP contribution in [0.2, 0.25) is 0 Å². The van der Waals surface area contributed by atoms with Crippen molar-refractivity contribution in [3.63, 3.8) is 0 Å². The first-order chi connectivity index (χ1) is 6.75. The third kappa shape index (κ3) is 2.02. The van der Waals surface area contributed by atoms with E-state index < -0.39 is 0 Å². The van der Waals surface area contributed by atoms with Gasteiger partial charge >= 0.3 is 0 Å². The van der Waals surface area contributed by atoms with Crippen molar-refractivity contribution in [3.8, 4) is 0 Å². The molecule has 14 heavy (non-hydrogen) atoms. The summed E-state index contributed by atoms with van der Waals surface area (Å²) in [7, 11) is 0. The first kappa shape index (κ1) is 9.41. The van der Waals surface area contributed by atoms with Crippen molar-refractivity contribution in [1.29, 1.82) is 0 Å². The molecule has 0 radical (unpaired) electrons. The van der Waals surface area contributed by atoms with Gasteiger partial charge in [-0.05, 0) is 26.0 Å². The summed E-state index contributed by atoms with van der Waals surface area (Å²) >= 11 is 1.78. The van der Waals surface area contributed by atoms with Crippen LogP contribution in [-0.4, -0.2) is 4.98 Å². The molecule has 1 aromatic carbocycles. The SMILES string of the molecule is CC(C)=CCc1nc2ccccc2s1. The van der Waals surface area contributed by atoms with Crippen molar-refractivity contribution in [2.45, 2.75) is 20.3 Å². The number of rotatable bonds is 2. The highest BCUT2D eigenvalue weighted by Crippen LogP contribution is 2.22. The van der Waals surface area contributed by atoms with Crippen molar-refractivity contribution in [2.75, 3.05) is 0 Å². The van der Waals surface area contributed by atoms with Crippen LogP contribution >= 0.6 is 11.3 Å². The number of hydrogen-bond donors (Lipinski definition) is 0. The predicted molar refractivity (Wildman–Crippen MR) is 62.8 cm³/mol. The lowest BCUT2D eigenvalue weighted by Crippen LogP contribution is -1.78. The van der Waals surface area contributed by atoms with Gasteiger partial charge in [0.2, 0.25) is 0 Å². The summed E-state index contributed by atoms with van der Waals surface area (Å²) in [5, 5.41) is 1.20. The largest absolute Gasteiger partial charge is 0.241 e. The molecule has 0 bridgehead atoms. The minimum atomic E-state index is 0.960. The lowest BCUT2D eigenvalue weighted by molar-refractivity contribution is 1.18. The Labute approximate surface area is 88.1 Å². The van der Waals surface area contributed by atoms with Crippen LogP contribution in [0.4, 0.5) is 0 Å². The van der Waals surface area contributed by atoms with Crippen LogP contribution in [0, 0.1) is 0 Å². The molecule has 72 valence electrons. The van der Waals surface area contributed by atoms with Gasteiger partial charge in [-0.25, -0.2) is 4.98 Å². The standard InChI is InChI=1S/C12H13NS/c1-9(2)7-8-12-13-10-5-3-4-6-11(10)14-12/h3-7H,8H2,1-2H3. The number of nitrogens with zero attached hydrogens (tertiary/aromatic N) is 1. The van der Waals surface area contributed by atoms with E-state index in [9.17, 15) is 0 Å². The fourth-order valence-corrected chi connectivity index (χ4v) is 2.23. The molecule has 2 rings (SSSR count). The van der Waals surface area contributed by atoms with Crippen LogP contribution < -0.4 is 0 Å². The molecule has 0 saturated carbocycles. The minimum Gasteiger partial charge on any atom is -0.241 e. The Kier molecular flexibility index (Phi) is 2.64. The normalized spacial score (nSPS) is 10.4. The van der Waals surface area contributed by atoms with Crippen molar-refractivity contribution in [2.24, 2.45) is 0 Å². The van der Waals surface area contributed by atoms with E-state index >= 15 is 0 Å². The Hall–Kier alpha value is -1.15. The second kappa shape index (κ2) is 3.93. The Bertz CT molecular complexity index is 431. The second-order valence-corrected chi connectivity index (χ2v) is 4.68. The number of allylic oxidation sites excluding steroid dienone is 2. The Morgan fingerprint density at radius 2 is 2.14 bits per heavy atom. The highest BCUT2D eigenvalue weighted by Gasteiger charge is 2.00. The Morgan fingerprint density at radius 3 is 2.86 bits per heavy atom. The average Bonchev–Trinajstić information content (AvgIpc) is 2.57. The van der Waals surface area contributed by atoms with E-state index in [2.05, 4.69) is 43.1 Å². The van der Waals surface area contributed by atoms with Crippen molar-refractivity contribution >= 4 is 21.6 Å². The fraction of sp³-hybridized carbons (Fsp3) is 0.250. The van der Waals surface area contributed by atoms with E-state index in [0.29, 0.717) is 0 Å². The molecule has 0 unspecified atom stereocenters. The molecule has 0 aliphatic carbocycles. The van der Waals surface area contributed by atoms with Gasteiger partial charge in [-0.3, -0.25) is 0 Å². The highest BCUT2D eigenvalue weighted by atomic mass is 32.1. The van der Waals surface area contributed by atoms with E-state index in [4.69, 9.17) is 0 Å². The molecule has 1 heterocycles. The van der Waals surface area contributed by atoms with E-state index in [1.54, 1.807) is 11.3 Å². The van der Waals surface area contributed by atoms with Crippen molar-refractivity contribution < 1.29 is 0 Å². The Morgan fingerprint density at radius 1 is 1.36 bits per heavy atom. The summed E-state index contributed by atoms with van der Waals surface area (Å²) in [6.07, 6.45) is 3.18. The molecular formula is C12H13NS. The minimum absolute atomic E-state index is 0.960. The number of thiazole rings is 1. The van der Waals surface area contributed by atoms with Gasteiger partial charge in [-0.15, -0.1) is 11.3 Å². The summed E-state index contributed by atoms with van der Waals surface area (Å²) in [5.74, 6) is 0. The van der Waals surface area contributed by atoms with Crippen LogP contribution in [0.5, 0.6) is 0 Å². The summed E-state index contributed by atoms with van der Waals surface area (Å²) in [5.41, 5.74) is 2.47. The van der Waals surface area contributed by atoms with E-state index in [1.165, 1.54) is 15.3 Å². The fourth-order valence-electron chi connectivity index (χ4n) is 1.30. The highest BCUT2D eigenvalue weighted by molar-refractivity contribution is 7.18. The molecule has 0 N–H and O–H groups in total. The molecular weight excluding hydrogens is 190 g/mol. The van der Waals surface area contributed by atoms with Gasteiger partial charge in [0.15, 0.2) is 0 Å². The maximum atomic E-state index is 4.56. The zero-order valence-corrected chi connectivity index (χ0v) is 9.27. The Balaban J connectivity index is 2.31. The molecule has 1 aromatic heterocycles. The summed E-state index contributed by atoms with van der Waals surface area (Å²) < 4.78 is 1.28. The number of fused-ring (bicyclic) bond motifs is 1. The van der Waals surface area contributed by atoms with Gasteiger partial charge in [-0.2, -0.15) is 0 Å². The van der Waals surface area contributed by atoms with Gasteiger partial charge in [0, 0.05) is 6.42 Å². The van der Waals surface area contributed by atoms with E-state index in [-0.39, 0.29) is 0 Å². The summed E-state index contributed by atoms with van der Waals surface area (Å²) in [6, 6.07) is 8.29. The summed E-state index contributed by atoms with van der Waals surface area (Å²) in [4.78, 5) is 4.56. The second-order valence-electron chi connectivity index (χ2n) is 3.56. The maximum absolute atomic E-state index is 4.56. The summed E-state index contributed by atoms with van der Waals surface area (Å²) in [6.45, 7) is 4.24. The third-order valence-corrected chi connectivity index (χ3v) is 3.08. The van der Waals surface area contributed by atoms with Crippen LogP contribution in [0.25, 0.3) is 10.2 Å². The lowest BCUT2D eigenvalue weighted by atomic mass is 10.3. The molecule has 0 amide bonds. The topological polar surface area (TPSA) is 12.9 Å². The van der Waals surface area contributed by atoms with E-state index in [0.717, 1.165) is 11.9 Å². The monoisotopic (exact) mass is 203 g/mol. The van der Waals surface area contributed by atoms with Crippen molar-refractivity contribution in [3.05, 3.63) is 40.9 Å². The molecule has 0 fully saturated rings. The quantitative estimate of drug-likeness (QED) is 0.676. The first-order valence-electron chi connectivity index (χ1n) is 4.73. The third-order valence-electron chi connectivity index (χ3n) is 2.02. The van der Waals surface area contributed by atoms with Gasteiger partial charge in [-0.1, -0.05) is 23.8 Å².